The van der Waals surface area contributed by atoms with Crippen LogP contribution in [-0.4, -0.2) is 31.2 Å². The summed E-state index contributed by atoms with van der Waals surface area (Å²) in [4.78, 5) is 21.2. The van der Waals surface area contributed by atoms with Crippen molar-refractivity contribution in [3.63, 3.8) is 0 Å². The first kappa shape index (κ1) is 11.8. The maximum absolute atomic E-state index is 10.7. The van der Waals surface area contributed by atoms with Crippen molar-refractivity contribution >= 4 is 23.7 Å². The van der Waals surface area contributed by atoms with Gasteiger partial charge in [0.2, 0.25) is 0 Å². The molecular weight excluding hydrogens is 198 g/mol. The Morgan fingerprint density at radius 2 is 2.15 bits per heavy atom. The summed E-state index contributed by atoms with van der Waals surface area (Å²) in [6.45, 7) is 2.10. The van der Waals surface area contributed by atoms with Crippen LogP contribution in [0.25, 0.3) is 0 Å². The number of hydrogen-bond acceptors (Lipinski definition) is 3. The number of hydrogen-bond donors (Lipinski definition) is 1. The fraction of sp³-hybridized carbons (Fsp3) is 0.667. The highest BCUT2D eigenvalue weighted by Crippen LogP contribution is 1.86. The van der Waals surface area contributed by atoms with Gasteiger partial charge in [-0.15, -0.1) is 11.6 Å². The summed E-state index contributed by atoms with van der Waals surface area (Å²) in [5.74, 6) is 0.278. The van der Waals surface area contributed by atoms with E-state index in [0.29, 0.717) is 0 Å². The number of nitrogens with zero attached hydrogens (tertiary/aromatic N) is 2. The van der Waals surface area contributed by atoms with Crippen LogP contribution in [-0.2, 0) is 4.74 Å². The van der Waals surface area contributed by atoms with Gasteiger partial charge in [0.15, 0.2) is 0 Å². The van der Waals surface area contributed by atoms with E-state index in [2.05, 4.69) is 20.3 Å². The van der Waals surface area contributed by atoms with E-state index in [-0.39, 0.29) is 19.0 Å². The lowest BCUT2D eigenvalue weighted by Gasteiger charge is -1.95. The summed E-state index contributed by atoms with van der Waals surface area (Å²) < 4.78 is 4.39. The molecule has 7 heteroatoms. The molecule has 0 aliphatic carbocycles. The second-order valence-corrected chi connectivity index (χ2v) is 2.20. The summed E-state index contributed by atoms with van der Waals surface area (Å²) in [6, 6.07) is -0.714. The summed E-state index contributed by atoms with van der Waals surface area (Å²) in [5.41, 5.74) is 0. The van der Waals surface area contributed by atoms with Gasteiger partial charge in [-0.1, -0.05) is 10.2 Å². The van der Waals surface area contributed by atoms with Crippen LogP contribution in [0.3, 0.4) is 0 Å². The van der Waals surface area contributed by atoms with Crippen molar-refractivity contribution in [3.05, 3.63) is 0 Å². The Morgan fingerprint density at radius 3 is 2.69 bits per heavy atom. The second kappa shape index (κ2) is 7.48. The maximum atomic E-state index is 10.7. The number of carbonyl (C=O) groups is 2. The van der Waals surface area contributed by atoms with Crippen molar-refractivity contribution in [3.8, 4) is 0 Å². The number of amides is 3. The van der Waals surface area contributed by atoms with E-state index in [4.69, 9.17) is 11.6 Å². The zero-order chi connectivity index (χ0) is 10.1. The normalized spacial score (nSPS) is 10.0. The molecule has 13 heavy (non-hydrogen) atoms. The van der Waals surface area contributed by atoms with Crippen molar-refractivity contribution in [2.45, 2.75) is 6.92 Å². The highest BCUT2D eigenvalue weighted by molar-refractivity contribution is 6.18. The molecule has 0 aromatic heterocycles. The fourth-order valence-corrected chi connectivity index (χ4v) is 0.523. The average Bonchev–Trinajstić information content (AvgIpc) is 2.12. The topological polar surface area (TPSA) is 80.1 Å². The first-order valence-corrected chi connectivity index (χ1v) is 4.16. The monoisotopic (exact) mass is 207 g/mol. The van der Waals surface area contributed by atoms with E-state index in [1.807, 2.05) is 0 Å². The van der Waals surface area contributed by atoms with E-state index in [1.165, 1.54) is 0 Å². The number of carbonyl (C=O) groups excluding carboxylic acids is 2. The van der Waals surface area contributed by atoms with Gasteiger partial charge in [0.25, 0.3) is 0 Å². The third-order valence-corrected chi connectivity index (χ3v) is 1.05. The van der Waals surface area contributed by atoms with Crippen LogP contribution < -0.4 is 5.32 Å². The fourth-order valence-electron chi connectivity index (χ4n) is 0.428. The van der Waals surface area contributed by atoms with E-state index in [1.54, 1.807) is 6.92 Å². The number of alkyl halides is 1. The SMILES string of the molecule is CCOC(=O)/N=N/C(=O)NCCCl. The molecule has 3 amide bonds. The van der Waals surface area contributed by atoms with Gasteiger partial charge >= 0.3 is 12.1 Å². The lowest BCUT2D eigenvalue weighted by atomic mass is 10.7. The molecule has 0 saturated heterocycles. The molecule has 0 aromatic rings. The van der Waals surface area contributed by atoms with Gasteiger partial charge in [-0.3, -0.25) is 0 Å². The van der Waals surface area contributed by atoms with Crippen molar-refractivity contribution in [1.29, 1.82) is 0 Å². The zero-order valence-corrected chi connectivity index (χ0v) is 7.87. The largest absolute Gasteiger partial charge is 0.452 e. The van der Waals surface area contributed by atoms with Gasteiger partial charge in [-0.25, -0.2) is 9.59 Å². The van der Waals surface area contributed by atoms with Crippen LogP contribution in [0.4, 0.5) is 9.59 Å². The second-order valence-electron chi connectivity index (χ2n) is 1.82. The molecule has 0 heterocycles. The molecular formula is C6H10ClN3O3. The summed E-state index contributed by atoms with van der Waals surface area (Å²) in [6.07, 6.45) is -0.886. The standard InChI is InChI=1S/C6H10ClN3O3/c1-2-13-6(12)10-9-5(11)8-4-3-7/h2-4H2,1H3,(H,8,11)/b10-9+. The highest BCUT2D eigenvalue weighted by Gasteiger charge is 1.99. The molecule has 6 nitrogen and oxygen atoms in total. The van der Waals surface area contributed by atoms with Crippen LogP contribution >= 0.6 is 11.6 Å². The molecule has 0 bridgehead atoms. The highest BCUT2D eigenvalue weighted by atomic mass is 35.5. The van der Waals surface area contributed by atoms with Gasteiger partial charge in [0.1, 0.15) is 0 Å². The lowest BCUT2D eigenvalue weighted by Crippen LogP contribution is -2.21. The third-order valence-electron chi connectivity index (χ3n) is 0.861. The Kier molecular flexibility index (Phi) is 6.80. The Labute approximate surface area is 80.3 Å². The quantitative estimate of drug-likeness (QED) is 0.563. The predicted octanol–water partition coefficient (Wildman–Crippen LogP) is 1.54. The van der Waals surface area contributed by atoms with E-state index in [9.17, 15) is 9.59 Å². The Hall–Kier alpha value is -1.17. The number of azo groups is 1. The van der Waals surface area contributed by atoms with Crippen LogP contribution in [0.15, 0.2) is 10.2 Å². The third kappa shape index (κ3) is 7.20. The molecule has 0 fully saturated rings. The van der Waals surface area contributed by atoms with Crippen LogP contribution in [0, 0.1) is 0 Å². The summed E-state index contributed by atoms with van der Waals surface area (Å²) in [7, 11) is 0. The van der Waals surface area contributed by atoms with Gasteiger partial charge in [0.05, 0.1) is 6.61 Å². The Balaban J connectivity index is 3.69. The summed E-state index contributed by atoms with van der Waals surface area (Å²) >= 11 is 5.28. The van der Waals surface area contributed by atoms with Gasteiger partial charge in [-0.05, 0) is 6.92 Å². The molecule has 0 aliphatic heterocycles. The lowest BCUT2D eigenvalue weighted by molar-refractivity contribution is 0.161. The molecule has 74 valence electrons. The van der Waals surface area contributed by atoms with E-state index < -0.39 is 12.1 Å². The van der Waals surface area contributed by atoms with Crippen molar-refractivity contribution in [2.75, 3.05) is 19.0 Å². The number of urea groups is 1. The molecule has 0 aliphatic rings. The zero-order valence-electron chi connectivity index (χ0n) is 7.12. The van der Waals surface area contributed by atoms with E-state index >= 15 is 0 Å². The van der Waals surface area contributed by atoms with Crippen molar-refractivity contribution in [1.82, 2.24) is 5.32 Å². The van der Waals surface area contributed by atoms with Crippen LogP contribution in [0.5, 0.6) is 0 Å². The molecule has 0 unspecified atom stereocenters. The molecule has 0 spiro atoms. The van der Waals surface area contributed by atoms with Gasteiger partial charge in [0, 0.05) is 12.4 Å². The first-order chi connectivity index (χ1) is 6.20. The number of halogens is 1. The van der Waals surface area contributed by atoms with E-state index in [0.717, 1.165) is 0 Å². The summed E-state index contributed by atoms with van der Waals surface area (Å²) in [5, 5.41) is 8.29. The number of nitrogens with one attached hydrogen (secondary N) is 1. The first-order valence-electron chi connectivity index (χ1n) is 3.63. The predicted molar refractivity (Wildman–Crippen MR) is 46.0 cm³/mol. The molecule has 0 saturated carbocycles. The Bertz CT molecular complexity index is 207. The van der Waals surface area contributed by atoms with Gasteiger partial charge in [-0.2, -0.15) is 0 Å². The number of rotatable bonds is 3. The molecule has 0 rings (SSSR count). The molecule has 0 radical (unpaired) electrons. The van der Waals surface area contributed by atoms with Crippen molar-refractivity contribution in [2.24, 2.45) is 10.2 Å². The minimum Gasteiger partial charge on any atom is -0.447 e. The minimum atomic E-state index is -0.886. The number of ether oxygens (including phenoxy) is 1. The average molecular weight is 208 g/mol. The minimum absolute atomic E-state index is 0.196. The maximum Gasteiger partial charge on any atom is 0.452 e. The smallest absolute Gasteiger partial charge is 0.447 e. The molecule has 0 aromatic carbocycles. The van der Waals surface area contributed by atoms with Gasteiger partial charge < -0.3 is 10.1 Å². The molecule has 0 atom stereocenters. The molecule has 1 N–H and O–H groups in total. The van der Waals surface area contributed by atoms with Crippen LogP contribution in [0.1, 0.15) is 6.92 Å². The Morgan fingerprint density at radius 1 is 1.46 bits per heavy atom. The van der Waals surface area contributed by atoms with Crippen LogP contribution in [0.2, 0.25) is 0 Å². The van der Waals surface area contributed by atoms with Crippen molar-refractivity contribution < 1.29 is 14.3 Å².